The molecule has 0 amide bonds. The van der Waals surface area contributed by atoms with Gasteiger partial charge in [0.15, 0.2) is 0 Å². The van der Waals surface area contributed by atoms with Crippen molar-refractivity contribution in [3.63, 3.8) is 0 Å². The number of hydrogen-bond acceptors (Lipinski definition) is 2. The van der Waals surface area contributed by atoms with Gasteiger partial charge in [-0.05, 0) is 86.7 Å². The molecule has 2 aromatic carbocycles. The van der Waals surface area contributed by atoms with Crippen LogP contribution >= 0.6 is 11.6 Å². The van der Waals surface area contributed by atoms with Gasteiger partial charge in [0.2, 0.25) is 0 Å². The number of para-hydroxylation sites is 1. The van der Waals surface area contributed by atoms with E-state index in [1.54, 1.807) is 0 Å². The SMILES string of the molecule is NC1CCC(NCCC(c2cccc(Cl)c2)c2cn(CC3CCCCC3)c3ccccc23)CC1. The third kappa shape index (κ3) is 5.70. The normalized spacial score (nSPS) is 22.8. The molecule has 3 nitrogen and oxygen atoms in total. The van der Waals surface area contributed by atoms with Gasteiger partial charge in [-0.3, -0.25) is 0 Å². The lowest BCUT2D eigenvalue weighted by atomic mass is 9.87. The molecule has 0 bridgehead atoms. The van der Waals surface area contributed by atoms with Gasteiger partial charge >= 0.3 is 0 Å². The zero-order chi connectivity index (χ0) is 23.3. The number of nitrogens with one attached hydrogen (secondary N) is 1. The van der Waals surface area contributed by atoms with Crippen LogP contribution in [0.25, 0.3) is 10.9 Å². The minimum absolute atomic E-state index is 0.328. The highest BCUT2D eigenvalue weighted by atomic mass is 35.5. The van der Waals surface area contributed by atoms with E-state index in [0.29, 0.717) is 18.0 Å². The molecule has 5 rings (SSSR count). The van der Waals surface area contributed by atoms with Gasteiger partial charge in [0.05, 0.1) is 0 Å². The molecular weight excluding hydrogens is 438 g/mol. The van der Waals surface area contributed by atoms with Crippen LogP contribution in [0.3, 0.4) is 0 Å². The Balaban J connectivity index is 1.41. The summed E-state index contributed by atoms with van der Waals surface area (Å²) in [7, 11) is 0. The van der Waals surface area contributed by atoms with E-state index in [9.17, 15) is 0 Å². The van der Waals surface area contributed by atoms with Gasteiger partial charge in [-0.25, -0.2) is 0 Å². The Kier molecular flexibility index (Phi) is 7.94. The highest BCUT2D eigenvalue weighted by molar-refractivity contribution is 6.30. The van der Waals surface area contributed by atoms with E-state index in [1.165, 1.54) is 67.0 Å². The third-order valence-corrected chi connectivity index (χ3v) is 8.50. The summed E-state index contributed by atoms with van der Waals surface area (Å²) in [5.41, 5.74) is 10.3. The van der Waals surface area contributed by atoms with Crippen LogP contribution in [-0.2, 0) is 6.54 Å². The van der Waals surface area contributed by atoms with Crippen LogP contribution in [0.4, 0.5) is 0 Å². The van der Waals surface area contributed by atoms with Crippen molar-refractivity contribution in [3.05, 3.63) is 70.9 Å². The van der Waals surface area contributed by atoms with E-state index >= 15 is 0 Å². The molecule has 3 aromatic rings. The predicted molar refractivity (Wildman–Crippen MR) is 145 cm³/mol. The average molecular weight is 478 g/mol. The van der Waals surface area contributed by atoms with Crippen molar-refractivity contribution in [2.45, 2.75) is 88.8 Å². The molecule has 34 heavy (non-hydrogen) atoms. The fourth-order valence-corrected chi connectivity index (χ4v) is 6.53. The number of hydrogen-bond donors (Lipinski definition) is 2. The first kappa shape index (κ1) is 23.9. The number of aromatic nitrogens is 1. The standard InChI is InChI=1S/C30H40ClN3/c31-24-10-6-9-23(19-24)27(17-18-33-26-15-13-25(32)14-16-26)29-21-34(20-22-7-2-1-3-8-22)30-12-5-4-11-28(29)30/h4-6,9-12,19,21-22,25-27,33H,1-3,7-8,13-18,20,32H2. The van der Waals surface area contributed by atoms with Crippen LogP contribution in [0.15, 0.2) is 54.7 Å². The Morgan fingerprint density at radius 1 is 0.941 bits per heavy atom. The molecule has 3 N–H and O–H groups in total. The Labute approximate surface area is 210 Å². The summed E-state index contributed by atoms with van der Waals surface area (Å²) in [6.45, 7) is 2.16. The van der Waals surface area contributed by atoms with Crippen molar-refractivity contribution in [3.8, 4) is 0 Å². The number of rotatable bonds is 8. The number of benzene rings is 2. The summed E-state index contributed by atoms with van der Waals surface area (Å²) >= 11 is 6.47. The molecule has 182 valence electrons. The van der Waals surface area contributed by atoms with Gasteiger partial charge in [0, 0.05) is 46.7 Å². The highest BCUT2D eigenvalue weighted by Gasteiger charge is 2.23. The van der Waals surface area contributed by atoms with Crippen LogP contribution in [0.5, 0.6) is 0 Å². The Morgan fingerprint density at radius 3 is 2.53 bits per heavy atom. The molecule has 0 saturated heterocycles. The number of nitrogens with two attached hydrogens (primary N) is 1. The van der Waals surface area contributed by atoms with Crippen molar-refractivity contribution >= 4 is 22.5 Å². The molecule has 4 heteroatoms. The Morgan fingerprint density at radius 2 is 1.74 bits per heavy atom. The van der Waals surface area contributed by atoms with Crippen molar-refractivity contribution in [1.82, 2.24) is 9.88 Å². The molecule has 2 aliphatic rings. The van der Waals surface area contributed by atoms with Gasteiger partial charge in [-0.15, -0.1) is 0 Å². The number of fused-ring (bicyclic) bond motifs is 1. The van der Waals surface area contributed by atoms with Crippen molar-refractivity contribution < 1.29 is 0 Å². The molecule has 2 aliphatic carbocycles. The van der Waals surface area contributed by atoms with E-state index in [4.69, 9.17) is 17.3 Å². The van der Waals surface area contributed by atoms with Crippen LogP contribution in [0.1, 0.15) is 81.3 Å². The lowest BCUT2D eigenvalue weighted by Crippen LogP contribution is -2.38. The zero-order valence-electron chi connectivity index (χ0n) is 20.4. The highest BCUT2D eigenvalue weighted by Crippen LogP contribution is 2.37. The largest absolute Gasteiger partial charge is 0.347 e. The van der Waals surface area contributed by atoms with Crippen LogP contribution in [0, 0.1) is 5.92 Å². The fourth-order valence-electron chi connectivity index (χ4n) is 6.33. The second-order valence-corrected chi connectivity index (χ2v) is 11.2. The van der Waals surface area contributed by atoms with Gasteiger partial charge < -0.3 is 15.6 Å². The Hall–Kier alpha value is -1.81. The maximum Gasteiger partial charge on any atom is 0.0483 e. The molecule has 1 heterocycles. The molecule has 1 atom stereocenters. The summed E-state index contributed by atoms with van der Waals surface area (Å²) in [5.74, 6) is 1.14. The summed E-state index contributed by atoms with van der Waals surface area (Å²) in [4.78, 5) is 0. The summed E-state index contributed by atoms with van der Waals surface area (Å²) < 4.78 is 2.55. The average Bonchev–Trinajstić information content (AvgIpc) is 3.22. The smallest absolute Gasteiger partial charge is 0.0483 e. The molecular formula is C30H40ClN3. The quantitative estimate of drug-likeness (QED) is 0.358. The van der Waals surface area contributed by atoms with Crippen LogP contribution in [-0.4, -0.2) is 23.2 Å². The lowest BCUT2D eigenvalue weighted by molar-refractivity contribution is 0.322. The molecule has 1 aromatic heterocycles. The first-order chi connectivity index (χ1) is 16.7. The maximum atomic E-state index is 6.47. The molecule has 0 radical (unpaired) electrons. The minimum Gasteiger partial charge on any atom is -0.347 e. The number of halogens is 1. The van der Waals surface area contributed by atoms with E-state index in [0.717, 1.165) is 43.3 Å². The zero-order valence-corrected chi connectivity index (χ0v) is 21.1. The second-order valence-electron chi connectivity index (χ2n) is 10.7. The van der Waals surface area contributed by atoms with Gasteiger partial charge in [-0.2, -0.15) is 0 Å². The van der Waals surface area contributed by atoms with Crippen molar-refractivity contribution in [2.24, 2.45) is 11.7 Å². The predicted octanol–water partition coefficient (Wildman–Crippen LogP) is 7.26. The number of nitrogens with zero attached hydrogens (tertiary/aromatic N) is 1. The fraction of sp³-hybridized carbons (Fsp3) is 0.533. The maximum absolute atomic E-state index is 6.47. The first-order valence-corrected chi connectivity index (χ1v) is 13.9. The molecule has 2 saturated carbocycles. The van der Waals surface area contributed by atoms with E-state index in [-0.39, 0.29) is 0 Å². The van der Waals surface area contributed by atoms with E-state index in [2.05, 4.69) is 58.5 Å². The topological polar surface area (TPSA) is 43.0 Å². The summed E-state index contributed by atoms with van der Waals surface area (Å²) in [6.07, 6.45) is 15.1. The lowest BCUT2D eigenvalue weighted by Gasteiger charge is -2.28. The first-order valence-electron chi connectivity index (χ1n) is 13.5. The third-order valence-electron chi connectivity index (χ3n) is 8.26. The Bertz CT molecular complexity index is 1060. The van der Waals surface area contributed by atoms with Gasteiger partial charge in [0.1, 0.15) is 0 Å². The van der Waals surface area contributed by atoms with Crippen LogP contribution in [0.2, 0.25) is 5.02 Å². The van der Waals surface area contributed by atoms with E-state index < -0.39 is 0 Å². The second kappa shape index (κ2) is 11.3. The van der Waals surface area contributed by atoms with Crippen molar-refractivity contribution in [2.75, 3.05) is 6.54 Å². The van der Waals surface area contributed by atoms with Crippen LogP contribution < -0.4 is 11.1 Å². The summed E-state index contributed by atoms with van der Waals surface area (Å²) in [5, 5.41) is 6.07. The summed E-state index contributed by atoms with van der Waals surface area (Å²) in [6, 6.07) is 18.5. The van der Waals surface area contributed by atoms with Gasteiger partial charge in [-0.1, -0.05) is 61.2 Å². The monoisotopic (exact) mass is 477 g/mol. The molecule has 2 fully saturated rings. The molecule has 1 unspecified atom stereocenters. The molecule has 0 spiro atoms. The molecule has 0 aliphatic heterocycles. The van der Waals surface area contributed by atoms with Gasteiger partial charge in [0.25, 0.3) is 0 Å². The minimum atomic E-state index is 0.328. The van der Waals surface area contributed by atoms with E-state index in [1.807, 2.05) is 6.07 Å². The van der Waals surface area contributed by atoms with Crippen molar-refractivity contribution in [1.29, 1.82) is 0 Å².